The number of ether oxygens (including phenoxy) is 1. The van der Waals surface area contributed by atoms with Crippen LogP contribution < -0.4 is 14.4 Å². The van der Waals surface area contributed by atoms with Gasteiger partial charge in [-0.25, -0.2) is 12.8 Å². The van der Waals surface area contributed by atoms with Crippen molar-refractivity contribution in [2.75, 3.05) is 18.0 Å². The van der Waals surface area contributed by atoms with Gasteiger partial charge in [0.05, 0.1) is 23.7 Å². The molecule has 168 valence electrons. The summed E-state index contributed by atoms with van der Waals surface area (Å²) in [6.07, 6.45) is 0.612. The fraction of sp³-hybridized carbons (Fsp3) is 0.208. The fourth-order valence-electron chi connectivity index (χ4n) is 3.31. The van der Waals surface area contributed by atoms with Crippen molar-refractivity contribution in [2.45, 2.75) is 24.3 Å². The van der Waals surface area contributed by atoms with Crippen LogP contribution in [0.1, 0.15) is 24.9 Å². The van der Waals surface area contributed by atoms with Crippen LogP contribution in [0.4, 0.5) is 10.1 Å². The highest BCUT2D eigenvalue weighted by molar-refractivity contribution is 7.92. The van der Waals surface area contributed by atoms with Crippen LogP contribution in [0.3, 0.4) is 0 Å². The highest BCUT2D eigenvalue weighted by Gasteiger charge is 2.29. The van der Waals surface area contributed by atoms with Gasteiger partial charge in [-0.2, -0.15) is 0 Å². The van der Waals surface area contributed by atoms with E-state index >= 15 is 0 Å². The summed E-state index contributed by atoms with van der Waals surface area (Å²) in [7, 11) is -2.76. The fourth-order valence-corrected chi connectivity index (χ4v) is 4.73. The SMILES string of the molecule is CCC(NC(=O)CN(c1ccccc1F)S(=O)(=O)c1ccc(OC)cc1)c1ccccc1. The molecule has 1 atom stereocenters. The molecule has 1 amide bonds. The van der Waals surface area contributed by atoms with Crippen molar-refractivity contribution in [2.24, 2.45) is 0 Å². The summed E-state index contributed by atoms with van der Waals surface area (Å²) in [4.78, 5) is 12.8. The normalized spacial score (nSPS) is 12.1. The molecular formula is C24H25FN2O4S. The number of carbonyl (C=O) groups is 1. The monoisotopic (exact) mass is 456 g/mol. The number of nitrogens with zero attached hydrogens (tertiary/aromatic N) is 1. The van der Waals surface area contributed by atoms with Crippen molar-refractivity contribution in [1.29, 1.82) is 0 Å². The summed E-state index contributed by atoms with van der Waals surface area (Å²) < 4.78 is 47.2. The van der Waals surface area contributed by atoms with E-state index in [0.29, 0.717) is 12.2 Å². The second-order valence-corrected chi connectivity index (χ2v) is 8.94. The number of nitrogens with one attached hydrogen (secondary N) is 1. The van der Waals surface area contributed by atoms with E-state index in [-0.39, 0.29) is 16.6 Å². The van der Waals surface area contributed by atoms with Crippen molar-refractivity contribution >= 4 is 21.6 Å². The van der Waals surface area contributed by atoms with Crippen molar-refractivity contribution in [1.82, 2.24) is 5.32 Å². The van der Waals surface area contributed by atoms with Crippen LogP contribution in [0.15, 0.2) is 83.8 Å². The maximum Gasteiger partial charge on any atom is 0.264 e. The van der Waals surface area contributed by atoms with E-state index in [4.69, 9.17) is 4.74 Å². The number of anilines is 1. The molecule has 0 aliphatic carbocycles. The molecule has 32 heavy (non-hydrogen) atoms. The maximum absolute atomic E-state index is 14.6. The molecule has 3 aromatic rings. The molecule has 0 heterocycles. The molecule has 0 aromatic heterocycles. The Bertz CT molecular complexity index is 1150. The number of sulfonamides is 1. The summed E-state index contributed by atoms with van der Waals surface area (Å²) in [5.41, 5.74) is 0.699. The second-order valence-electron chi connectivity index (χ2n) is 7.08. The molecule has 0 fully saturated rings. The number of halogens is 1. The molecule has 3 rings (SSSR count). The van der Waals surface area contributed by atoms with Gasteiger partial charge in [-0.3, -0.25) is 9.10 Å². The lowest BCUT2D eigenvalue weighted by Crippen LogP contribution is -2.42. The zero-order valence-corrected chi connectivity index (χ0v) is 18.7. The molecule has 8 heteroatoms. The summed E-state index contributed by atoms with van der Waals surface area (Å²) in [5.74, 6) is -0.804. The van der Waals surface area contributed by atoms with Gasteiger partial charge in [0, 0.05) is 0 Å². The molecule has 1 unspecified atom stereocenters. The van der Waals surface area contributed by atoms with Crippen LogP contribution in [-0.4, -0.2) is 28.0 Å². The van der Waals surface area contributed by atoms with Crippen LogP contribution in [-0.2, 0) is 14.8 Å². The Balaban J connectivity index is 1.93. The number of hydrogen-bond donors (Lipinski definition) is 1. The highest BCUT2D eigenvalue weighted by Crippen LogP contribution is 2.27. The molecule has 0 radical (unpaired) electrons. The number of benzene rings is 3. The second kappa shape index (κ2) is 10.3. The summed E-state index contributed by atoms with van der Waals surface area (Å²) in [5, 5.41) is 2.86. The topological polar surface area (TPSA) is 75.7 Å². The Morgan fingerprint density at radius 2 is 1.62 bits per heavy atom. The molecule has 0 bridgehead atoms. The Kier molecular flexibility index (Phi) is 7.48. The predicted octanol–water partition coefficient (Wildman–Crippen LogP) is 4.30. The quantitative estimate of drug-likeness (QED) is 0.521. The van der Waals surface area contributed by atoms with Gasteiger partial charge in [0.25, 0.3) is 10.0 Å². The van der Waals surface area contributed by atoms with E-state index in [2.05, 4.69) is 5.32 Å². The van der Waals surface area contributed by atoms with E-state index in [9.17, 15) is 17.6 Å². The highest BCUT2D eigenvalue weighted by atomic mass is 32.2. The Hall–Kier alpha value is -3.39. The minimum absolute atomic E-state index is 0.0792. The molecule has 3 aromatic carbocycles. The van der Waals surface area contributed by atoms with Gasteiger partial charge >= 0.3 is 0 Å². The molecule has 0 aliphatic heterocycles. The summed E-state index contributed by atoms with van der Waals surface area (Å²) in [6, 6.07) is 20.3. The van der Waals surface area contributed by atoms with Crippen LogP contribution in [0.2, 0.25) is 0 Å². The summed E-state index contributed by atoms with van der Waals surface area (Å²) in [6.45, 7) is 1.35. The maximum atomic E-state index is 14.6. The van der Waals surface area contributed by atoms with Crippen molar-refractivity contribution in [3.05, 3.63) is 90.2 Å². The first kappa shape index (κ1) is 23.3. The standard InChI is InChI=1S/C24H25FN2O4S/c1-3-22(18-9-5-4-6-10-18)26-24(28)17-27(23-12-8-7-11-21(23)25)32(29,30)20-15-13-19(31-2)14-16-20/h4-16,22H,3,17H2,1-2H3,(H,26,28). The molecule has 1 N–H and O–H groups in total. The third-order valence-electron chi connectivity index (χ3n) is 5.00. The number of rotatable bonds is 9. The lowest BCUT2D eigenvalue weighted by molar-refractivity contribution is -0.120. The molecule has 0 spiro atoms. The molecule has 0 saturated carbocycles. The van der Waals surface area contributed by atoms with Gasteiger partial charge in [-0.1, -0.05) is 49.4 Å². The van der Waals surface area contributed by atoms with Gasteiger partial charge in [-0.15, -0.1) is 0 Å². The van der Waals surface area contributed by atoms with E-state index in [0.717, 1.165) is 15.9 Å². The number of carbonyl (C=O) groups excluding carboxylic acids is 1. The lowest BCUT2D eigenvalue weighted by atomic mass is 10.0. The van der Waals surface area contributed by atoms with Crippen LogP contribution >= 0.6 is 0 Å². The minimum atomic E-state index is -4.23. The van der Waals surface area contributed by atoms with E-state index in [1.54, 1.807) is 0 Å². The van der Waals surface area contributed by atoms with Crippen LogP contribution in [0, 0.1) is 5.82 Å². The molecule has 0 aliphatic rings. The average Bonchev–Trinajstić information content (AvgIpc) is 2.82. The third-order valence-corrected chi connectivity index (χ3v) is 6.78. The summed E-state index contributed by atoms with van der Waals surface area (Å²) >= 11 is 0. The first-order valence-corrected chi connectivity index (χ1v) is 11.6. The van der Waals surface area contributed by atoms with Crippen LogP contribution in [0.5, 0.6) is 5.75 Å². The van der Waals surface area contributed by atoms with Crippen molar-refractivity contribution < 1.29 is 22.3 Å². The number of amides is 1. The van der Waals surface area contributed by atoms with E-state index < -0.39 is 28.3 Å². The zero-order chi connectivity index (χ0) is 23.1. The van der Waals surface area contributed by atoms with Gasteiger partial charge in [-0.05, 0) is 48.4 Å². The number of methoxy groups -OCH3 is 1. The van der Waals surface area contributed by atoms with Gasteiger partial charge in [0.2, 0.25) is 5.91 Å². The number of para-hydroxylation sites is 1. The first-order chi connectivity index (χ1) is 15.4. The van der Waals surface area contributed by atoms with Crippen molar-refractivity contribution in [3.63, 3.8) is 0 Å². The van der Waals surface area contributed by atoms with Crippen molar-refractivity contribution in [3.8, 4) is 5.75 Å². The Labute approximate surface area is 187 Å². The van der Waals surface area contributed by atoms with Gasteiger partial charge < -0.3 is 10.1 Å². The lowest BCUT2D eigenvalue weighted by Gasteiger charge is -2.26. The molecule has 0 saturated heterocycles. The van der Waals surface area contributed by atoms with E-state index in [1.807, 2.05) is 37.3 Å². The Morgan fingerprint density at radius 1 is 1.00 bits per heavy atom. The molecular weight excluding hydrogens is 431 g/mol. The van der Waals surface area contributed by atoms with Gasteiger partial charge in [0.1, 0.15) is 18.1 Å². The first-order valence-electron chi connectivity index (χ1n) is 10.1. The predicted molar refractivity (Wildman–Crippen MR) is 122 cm³/mol. The smallest absolute Gasteiger partial charge is 0.264 e. The van der Waals surface area contributed by atoms with Crippen LogP contribution in [0.25, 0.3) is 0 Å². The number of hydrogen-bond acceptors (Lipinski definition) is 4. The zero-order valence-electron chi connectivity index (χ0n) is 17.9. The average molecular weight is 457 g/mol. The molecule has 6 nitrogen and oxygen atoms in total. The van der Waals surface area contributed by atoms with E-state index in [1.165, 1.54) is 49.6 Å². The van der Waals surface area contributed by atoms with Gasteiger partial charge in [0.15, 0.2) is 0 Å². The third kappa shape index (κ3) is 5.26. The Morgan fingerprint density at radius 3 is 2.22 bits per heavy atom. The minimum Gasteiger partial charge on any atom is -0.497 e. The largest absolute Gasteiger partial charge is 0.497 e.